The maximum atomic E-state index is 12.6. The maximum Gasteiger partial charge on any atom is 0.256 e. The zero-order chi connectivity index (χ0) is 18.9. The molecule has 1 aliphatic heterocycles. The van der Waals surface area contributed by atoms with E-state index >= 15 is 0 Å². The van der Waals surface area contributed by atoms with Crippen molar-refractivity contribution in [3.63, 3.8) is 0 Å². The molecule has 0 bridgehead atoms. The number of amides is 2. The van der Waals surface area contributed by atoms with Crippen molar-refractivity contribution in [2.24, 2.45) is 5.14 Å². The third-order valence-electron chi connectivity index (χ3n) is 4.00. The standard InChI is InChI=1S/C17H17N3O5S/c1-25-13-6-4-12(5-7-13)20-16(21)10-15(17(20)22)19-11-2-8-14(9-3-11)26(18,23)24/h2-9,15,19H,10H2,1H3,(H2,18,23,24). The number of primary sulfonamides is 1. The predicted molar refractivity (Wildman–Crippen MR) is 95.3 cm³/mol. The Labute approximate surface area is 150 Å². The van der Waals surface area contributed by atoms with E-state index in [0.717, 1.165) is 4.90 Å². The molecule has 3 rings (SSSR count). The zero-order valence-corrected chi connectivity index (χ0v) is 14.7. The van der Waals surface area contributed by atoms with Crippen LogP contribution in [0, 0.1) is 0 Å². The summed E-state index contributed by atoms with van der Waals surface area (Å²) in [6.45, 7) is 0. The fourth-order valence-electron chi connectivity index (χ4n) is 2.69. The van der Waals surface area contributed by atoms with Gasteiger partial charge in [-0.05, 0) is 48.5 Å². The Bertz CT molecular complexity index is 939. The van der Waals surface area contributed by atoms with Gasteiger partial charge in [0.15, 0.2) is 0 Å². The lowest BCUT2D eigenvalue weighted by atomic mass is 10.2. The van der Waals surface area contributed by atoms with Crippen molar-refractivity contribution in [3.8, 4) is 5.75 Å². The van der Waals surface area contributed by atoms with Crippen LogP contribution in [0.2, 0.25) is 0 Å². The van der Waals surface area contributed by atoms with Crippen LogP contribution in [0.4, 0.5) is 11.4 Å². The summed E-state index contributed by atoms with van der Waals surface area (Å²) < 4.78 is 27.6. The zero-order valence-electron chi connectivity index (χ0n) is 13.9. The fraction of sp³-hybridized carbons (Fsp3) is 0.176. The van der Waals surface area contributed by atoms with E-state index in [-0.39, 0.29) is 23.1 Å². The van der Waals surface area contributed by atoms with Gasteiger partial charge < -0.3 is 10.1 Å². The lowest BCUT2D eigenvalue weighted by molar-refractivity contribution is -0.121. The Morgan fingerprint density at radius 2 is 1.69 bits per heavy atom. The van der Waals surface area contributed by atoms with Crippen LogP contribution in [-0.2, 0) is 19.6 Å². The Kier molecular flexibility index (Phi) is 4.66. The summed E-state index contributed by atoms with van der Waals surface area (Å²) >= 11 is 0. The number of nitrogens with two attached hydrogens (primary N) is 1. The van der Waals surface area contributed by atoms with Crippen LogP contribution in [0.25, 0.3) is 0 Å². The van der Waals surface area contributed by atoms with E-state index in [9.17, 15) is 18.0 Å². The van der Waals surface area contributed by atoms with Gasteiger partial charge in [-0.1, -0.05) is 0 Å². The molecule has 26 heavy (non-hydrogen) atoms. The van der Waals surface area contributed by atoms with E-state index in [2.05, 4.69) is 5.32 Å². The molecule has 2 amide bonds. The molecule has 2 aromatic rings. The molecule has 0 spiro atoms. The highest BCUT2D eigenvalue weighted by Crippen LogP contribution is 2.27. The minimum absolute atomic E-state index is 0.00179. The third-order valence-corrected chi connectivity index (χ3v) is 4.93. The molecule has 136 valence electrons. The van der Waals surface area contributed by atoms with Gasteiger partial charge in [0.2, 0.25) is 15.9 Å². The van der Waals surface area contributed by atoms with E-state index in [4.69, 9.17) is 9.88 Å². The van der Waals surface area contributed by atoms with Crippen LogP contribution < -0.4 is 20.1 Å². The summed E-state index contributed by atoms with van der Waals surface area (Å²) in [5.41, 5.74) is 0.981. The fourth-order valence-corrected chi connectivity index (χ4v) is 3.20. The minimum Gasteiger partial charge on any atom is -0.497 e. The van der Waals surface area contributed by atoms with Crippen molar-refractivity contribution in [2.75, 3.05) is 17.3 Å². The summed E-state index contributed by atoms with van der Waals surface area (Å²) in [6, 6.07) is 11.5. The normalized spacial score (nSPS) is 17.5. The summed E-state index contributed by atoms with van der Waals surface area (Å²) in [7, 11) is -2.25. The molecule has 1 unspecified atom stereocenters. The quantitative estimate of drug-likeness (QED) is 0.755. The van der Waals surface area contributed by atoms with E-state index in [1.54, 1.807) is 24.3 Å². The molecular weight excluding hydrogens is 358 g/mol. The smallest absolute Gasteiger partial charge is 0.256 e. The molecule has 2 aromatic carbocycles. The topological polar surface area (TPSA) is 119 Å². The molecule has 0 radical (unpaired) electrons. The first-order valence-electron chi connectivity index (χ1n) is 7.70. The van der Waals surface area contributed by atoms with Gasteiger partial charge in [-0.2, -0.15) is 0 Å². The van der Waals surface area contributed by atoms with Gasteiger partial charge in [-0.15, -0.1) is 0 Å². The number of hydrogen-bond acceptors (Lipinski definition) is 6. The van der Waals surface area contributed by atoms with Crippen LogP contribution in [0.3, 0.4) is 0 Å². The predicted octanol–water partition coefficient (Wildman–Crippen LogP) is 1.09. The highest BCUT2D eigenvalue weighted by Gasteiger charge is 2.39. The number of benzene rings is 2. The maximum absolute atomic E-state index is 12.6. The molecule has 3 N–H and O–H groups in total. The van der Waals surface area contributed by atoms with Crippen molar-refractivity contribution in [2.45, 2.75) is 17.4 Å². The van der Waals surface area contributed by atoms with Gasteiger partial charge in [0.05, 0.1) is 24.1 Å². The SMILES string of the molecule is COc1ccc(N2C(=O)CC(Nc3ccc(S(N)(=O)=O)cc3)C2=O)cc1. The van der Waals surface area contributed by atoms with Crippen LogP contribution in [0.1, 0.15) is 6.42 Å². The van der Waals surface area contributed by atoms with Gasteiger partial charge in [-0.25, -0.2) is 18.5 Å². The number of carbonyl (C=O) groups excluding carboxylic acids is 2. The van der Waals surface area contributed by atoms with E-state index in [1.165, 1.54) is 31.4 Å². The second-order valence-corrected chi connectivity index (χ2v) is 7.30. The monoisotopic (exact) mass is 375 g/mol. The van der Waals surface area contributed by atoms with Crippen LogP contribution in [-0.4, -0.2) is 33.4 Å². The van der Waals surface area contributed by atoms with E-state index in [0.29, 0.717) is 17.1 Å². The van der Waals surface area contributed by atoms with Crippen molar-refractivity contribution >= 4 is 33.2 Å². The summed E-state index contributed by atoms with van der Waals surface area (Å²) in [5, 5.41) is 8.00. The van der Waals surface area contributed by atoms with Crippen LogP contribution in [0.5, 0.6) is 5.75 Å². The highest BCUT2D eigenvalue weighted by molar-refractivity contribution is 7.89. The molecule has 1 atom stereocenters. The molecular formula is C17H17N3O5S. The number of sulfonamides is 1. The van der Waals surface area contributed by atoms with Gasteiger partial charge in [0.25, 0.3) is 5.91 Å². The number of rotatable bonds is 5. The summed E-state index contributed by atoms with van der Waals surface area (Å²) in [4.78, 5) is 26.0. The number of imide groups is 1. The molecule has 8 nitrogen and oxygen atoms in total. The first-order chi connectivity index (χ1) is 12.3. The first-order valence-corrected chi connectivity index (χ1v) is 9.24. The average molecular weight is 375 g/mol. The van der Waals surface area contributed by atoms with Gasteiger partial charge in [-0.3, -0.25) is 9.59 Å². The number of carbonyl (C=O) groups is 2. The first kappa shape index (κ1) is 17.9. The molecule has 1 aliphatic rings. The summed E-state index contributed by atoms with van der Waals surface area (Å²) in [5.74, 6) is -0.0769. The van der Waals surface area contributed by atoms with Gasteiger partial charge >= 0.3 is 0 Å². The lowest BCUT2D eigenvalue weighted by Crippen LogP contribution is -2.34. The lowest BCUT2D eigenvalue weighted by Gasteiger charge is -2.16. The number of hydrogen-bond donors (Lipinski definition) is 2. The van der Waals surface area contributed by atoms with Gasteiger partial charge in [0, 0.05) is 5.69 Å². The largest absolute Gasteiger partial charge is 0.497 e. The summed E-state index contributed by atoms with van der Waals surface area (Å²) in [6.07, 6.45) is 0.00179. The molecule has 0 aromatic heterocycles. The Balaban J connectivity index is 1.76. The number of anilines is 2. The second kappa shape index (κ2) is 6.77. The number of nitrogens with one attached hydrogen (secondary N) is 1. The molecule has 1 saturated heterocycles. The van der Waals surface area contributed by atoms with E-state index < -0.39 is 16.1 Å². The molecule has 9 heteroatoms. The molecule has 0 saturated carbocycles. The number of methoxy groups -OCH3 is 1. The average Bonchev–Trinajstić information content (AvgIpc) is 2.88. The minimum atomic E-state index is -3.78. The molecule has 1 fully saturated rings. The third kappa shape index (κ3) is 3.53. The van der Waals surface area contributed by atoms with Gasteiger partial charge in [0.1, 0.15) is 11.8 Å². The molecule has 1 heterocycles. The van der Waals surface area contributed by atoms with Crippen molar-refractivity contribution in [1.82, 2.24) is 0 Å². The van der Waals surface area contributed by atoms with Crippen molar-refractivity contribution in [3.05, 3.63) is 48.5 Å². The molecule has 0 aliphatic carbocycles. The Morgan fingerprint density at radius 1 is 1.08 bits per heavy atom. The van der Waals surface area contributed by atoms with Crippen LogP contribution >= 0.6 is 0 Å². The Morgan fingerprint density at radius 3 is 2.23 bits per heavy atom. The van der Waals surface area contributed by atoms with Crippen molar-refractivity contribution < 1.29 is 22.7 Å². The highest BCUT2D eigenvalue weighted by atomic mass is 32.2. The number of nitrogens with zero attached hydrogens (tertiary/aromatic N) is 1. The van der Waals surface area contributed by atoms with Crippen molar-refractivity contribution in [1.29, 1.82) is 0 Å². The van der Waals surface area contributed by atoms with Crippen LogP contribution in [0.15, 0.2) is 53.4 Å². The Hall–Kier alpha value is -2.91. The second-order valence-electron chi connectivity index (χ2n) is 5.74. The van der Waals surface area contributed by atoms with E-state index in [1.807, 2.05) is 0 Å². The number of ether oxygens (including phenoxy) is 1.